The van der Waals surface area contributed by atoms with Gasteiger partial charge in [-0.05, 0) is 68.9 Å². The number of thioether (sulfide) groups is 1. The molecular weight excluding hydrogens is 544 g/mol. The van der Waals surface area contributed by atoms with E-state index in [1.54, 1.807) is 26.2 Å². The molecule has 1 amide bonds. The highest BCUT2D eigenvalue weighted by molar-refractivity contribution is 8.01. The lowest BCUT2D eigenvalue weighted by molar-refractivity contribution is -0.194. The molecule has 0 saturated carbocycles. The number of fused-ring (bicyclic) bond motifs is 2. The molecule has 2 aliphatic rings. The van der Waals surface area contributed by atoms with Gasteiger partial charge in [-0.25, -0.2) is 0 Å². The fourth-order valence-corrected chi connectivity index (χ4v) is 6.20. The molecule has 3 aromatic carbocycles. The summed E-state index contributed by atoms with van der Waals surface area (Å²) in [5, 5.41) is 0. The van der Waals surface area contributed by atoms with Crippen molar-refractivity contribution < 1.29 is 33.5 Å². The van der Waals surface area contributed by atoms with Gasteiger partial charge in [0.2, 0.25) is 4.93 Å². The van der Waals surface area contributed by atoms with Gasteiger partial charge < -0.3 is 33.6 Å². The summed E-state index contributed by atoms with van der Waals surface area (Å²) in [6, 6.07) is 19.1. The molecule has 0 fully saturated rings. The fraction of sp³-hybridized carbons (Fsp3) is 0.387. The van der Waals surface area contributed by atoms with Crippen LogP contribution in [0.25, 0.3) is 0 Å². The molecule has 10 heteroatoms. The fourth-order valence-electron chi connectivity index (χ4n) is 4.85. The number of likely N-dealkylation sites (N-methyl/N-ethyl adjacent to an activating group) is 2. The first-order valence-electron chi connectivity index (χ1n) is 13.6. The summed E-state index contributed by atoms with van der Waals surface area (Å²) in [6.07, 6.45) is 1.80. The Hall–Kier alpha value is -3.44. The van der Waals surface area contributed by atoms with Crippen molar-refractivity contribution in [3.63, 3.8) is 0 Å². The molecule has 0 radical (unpaired) electrons. The molecule has 5 rings (SSSR count). The second-order valence-corrected chi connectivity index (χ2v) is 11.2. The average Bonchev–Trinajstić information content (AvgIpc) is 3.47. The second-order valence-electron chi connectivity index (χ2n) is 9.94. The van der Waals surface area contributed by atoms with Crippen LogP contribution in [0.3, 0.4) is 0 Å². The van der Waals surface area contributed by atoms with Crippen molar-refractivity contribution in [2.24, 2.45) is 0 Å². The summed E-state index contributed by atoms with van der Waals surface area (Å²) in [6.45, 7) is 3.25. The summed E-state index contributed by atoms with van der Waals surface area (Å²) < 4.78 is 23.6. The number of hydrogen-bond donors (Lipinski definition) is 0. The van der Waals surface area contributed by atoms with E-state index >= 15 is 0 Å². The van der Waals surface area contributed by atoms with Crippen molar-refractivity contribution in [3.8, 4) is 23.0 Å². The number of unbranched alkanes of at least 4 members (excludes halogenated alkanes) is 1. The Morgan fingerprint density at radius 2 is 1.80 bits per heavy atom. The maximum Gasteiger partial charge on any atom is 0.274 e. The first-order chi connectivity index (χ1) is 19.9. The zero-order valence-corrected chi connectivity index (χ0v) is 24.7. The molecule has 9 nitrogen and oxygen atoms in total. The highest BCUT2D eigenvalue weighted by atomic mass is 32.2. The number of nitrogens with zero attached hydrogens (tertiary/aromatic N) is 2. The van der Waals surface area contributed by atoms with E-state index in [-0.39, 0.29) is 5.91 Å². The molecule has 0 N–H and O–H groups in total. The minimum absolute atomic E-state index is 0.175. The van der Waals surface area contributed by atoms with Gasteiger partial charge in [0.15, 0.2) is 5.75 Å². The zero-order chi connectivity index (χ0) is 28.8. The van der Waals surface area contributed by atoms with E-state index in [4.69, 9.17) is 28.7 Å². The molecule has 0 saturated heterocycles. The minimum atomic E-state index is -1.30. The van der Waals surface area contributed by atoms with Crippen LogP contribution in [-0.2, 0) is 26.0 Å². The molecule has 218 valence electrons. The molecule has 0 spiro atoms. The van der Waals surface area contributed by atoms with Crippen LogP contribution in [0.15, 0.2) is 65.6 Å². The second kappa shape index (κ2) is 13.0. The Balaban J connectivity index is 1.15. The van der Waals surface area contributed by atoms with Crippen molar-refractivity contribution in [1.29, 1.82) is 0 Å². The van der Waals surface area contributed by atoms with Crippen LogP contribution in [-0.4, -0.2) is 65.4 Å². The van der Waals surface area contributed by atoms with Crippen LogP contribution >= 0.6 is 11.8 Å². The topological polar surface area (TPSA) is 78.9 Å². The van der Waals surface area contributed by atoms with E-state index in [2.05, 4.69) is 11.9 Å². The molecular formula is C31H36N2O7S. The van der Waals surface area contributed by atoms with Gasteiger partial charge in [-0.2, -0.15) is 4.89 Å². The van der Waals surface area contributed by atoms with Gasteiger partial charge >= 0.3 is 0 Å². The first-order valence-corrected chi connectivity index (χ1v) is 14.4. The highest BCUT2D eigenvalue weighted by Gasteiger charge is 2.50. The highest BCUT2D eigenvalue weighted by Crippen LogP contribution is 2.53. The summed E-state index contributed by atoms with van der Waals surface area (Å²) in [5.41, 5.74) is 2.51. The summed E-state index contributed by atoms with van der Waals surface area (Å²) in [7, 11) is 7.01. The van der Waals surface area contributed by atoms with Crippen molar-refractivity contribution in [2.75, 3.05) is 59.5 Å². The van der Waals surface area contributed by atoms with E-state index in [1.807, 2.05) is 60.7 Å². The quantitative estimate of drug-likeness (QED) is 0.199. The number of para-hydroxylation sites is 1. The maximum absolute atomic E-state index is 13.7. The molecule has 41 heavy (non-hydrogen) atoms. The standard InChI is InChI=1S/C31H36N2O7S/c1-32(16-18-37-24-12-11-22-21-39-40-28(22)20-24)15-7-8-17-38-27-14-13-23(35-3)19-25(27)31(36-4)30(34)33(2)26-9-5-6-10-29(26)41-31/h5-6,9-14,19-20H,7-8,15-18,21H2,1-4H3. The average molecular weight is 581 g/mol. The van der Waals surface area contributed by atoms with Crippen molar-refractivity contribution in [1.82, 2.24) is 4.90 Å². The molecule has 1 atom stereocenters. The van der Waals surface area contributed by atoms with Crippen molar-refractivity contribution in [2.45, 2.75) is 29.3 Å². The molecule has 0 bridgehead atoms. The van der Waals surface area contributed by atoms with Crippen LogP contribution in [0.1, 0.15) is 24.0 Å². The number of anilines is 1. The third-order valence-corrected chi connectivity index (χ3v) is 8.64. The Labute approximate surface area is 245 Å². The Morgan fingerprint density at radius 1 is 0.976 bits per heavy atom. The van der Waals surface area contributed by atoms with Gasteiger partial charge in [-0.1, -0.05) is 23.9 Å². The van der Waals surface area contributed by atoms with Gasteiger partial charge in [-0.15, -0.1) is 0 Å². The van der Waals surface area contributed by atoms with Gasteiger partial charge in [0.25, 0.3) is 5.91 Å². The molecule has 0 aliphatic carbocycles. The number of carbonyl (C=O) groups excluding carboxylic acids is 1. The monoisotopic (exact) mass is 580 g/mol. The van der Waals surface area contributed by atoms with E-state index in [0.717, 1.165) is 53.6 Å². The van der Waals surface area contributed by atoms with Crippen LogP contribution in [0.2, 0.25) is 0 Å². The predicted molar refractivity (Wildman–Crippen MR) is 157 cm³/mol. The summed E-state index contributed by atoms with van der Waals surface area (Å²) in [4.78, 5) is 27.4. The smallest absolute Gasteiger partial charge is 0.274 e. The van der Waals surface area contributed by atoms with E-state index < -0.39 is 4.93 Å². The summed E-state index contributed by atoms with van der Waals surface area (Å²) in [5.74, 6) is 2.54. The first kappa shape index (κ1) is 29.1. The summed E-state index contributed by atoms with van der Waals surface area (Å²) >= 11 is 1.38. The number of rotatable bonds is 13. The van der Waals surface area contributed by atoms with Gasteiger partial charge in [0.05, 0.1) is 19.4 Å². The third-order valence-electron chi connectivity index (χ3n) is 7.23. The number of amides is 1. The lowest BCUT2D eigenvalue weighted by Gasteiger charge is -2.40. The van der Waals surface area contributed by atoms with Gasteiger partial charge in [0.1, 0.15) is 30.5 Å². The van der Waals surface area contributed by atoms with Crippen molar-refractivity contribution >= 4 is 23.4 Å². The predicted octanol–water partition coefficient (Wildman–Crippen LogP) is 5.26. The van der Waals surface area contributed by atoms with Crippen LogP contribution in [0, 0.1) is 0 Å². The molecule has 0 aromatic heterocycles. The van der Waals surface area contributed by atoms with Crippen LogP contribution in [0.4, 0.5) is 5.69 Å². The number of ether oxygens (including phenoxy) is 4. The van der Waals surface area contributed by atoms with E-state index in [9.17, 15) is 4.79 Å². The largest absolute Gasteiger partial charge is 0.497 e. The molecule has 2 aliphatic heterocycles. The lowest BCUT2D eigenvalue weighted by atomic mass is 10.0. The number of carbonyl (C=O) groups is 1. The van der Waals surface area contributed by atoms with E-state index in [0.29, 0.717) is 36.9 Å². The minimum Gasteiger partial charge on any atom is -0.497 e. The van der Waals surface area contributed by atoms with E-state index in [1.165, 1.54) is 11.8 Å². The maximum atomic E-state index is 13.7. The third kappa shape index (κ3) is 6.25. The zero-order valence-electron chi connectivity index (χ0n) is 23.9. The van der Waals surface area contributed by atoms with Gasteiger partial charge in [-0.3, -0.25) is 4.79 Å². The molecule has 1 unspecified atom stereocenters. The van der Waals surface area contributed by atoms with Crippen molar-refractivity contribution in [3.05, 3.63) is 71.8 Å². The number of benzene rings is 3. The SMILES string of the molecule is COc1ccc(OCCCCN(C)CCOc2ccc3c(c2)OOC3)c(C2(OC)Sc3ccccc3N(C)C2=O)c1. The Bertz CT molecular complexity index is 1370. The Morgan fingerprint density at radius 3 is 2.63 bits per heavy atom. The van der Waals surface area contributed by atoms with Crippen LogP contribution < -0.4 is 24.0 Å². The number of hydrogen-bond acceptors (Lipinski definition) is 9. The number of methoxy groups -OCH3 is 2. The molecule has 2 heterocycles. The van der Waals surface area contributed by atoms with Gasteiger partial charge in [0, 0.05) is 42.8 Å². The normalized spacial score (nSPS) is 17.7. The lowest BCUT2D eigenvalue weighted by Crippen LogP contribution is -2.47. The van der Waals surface area contributed by atoms with Crippen LogP contribution in [0.5, 0.6) is 23.0 Å². The molecule has 3 aromatic rings. The Kier molecular flexibility index (Phi) is 9.24.